The smallest absolute Gasteiger partial charge is 0.277 e. The Morgan fingerprint density at radius 3 is 2.57 bits per heavy atom. The van der Waals surface area contributed by atoms with E-state index in [0.717, 1.165) is 12.1 Å². The highest BCUT2D eigenvalue weighted by Gasteiger charge is 2.14. The Morgan fingerprint density at radius 2 is 1.95 bits per heavy atom. The maximum atomic E-state index is 11.0. The molecule has 2 aromatic carbocycles. The zero-order valence-electron chi connectivity index (χ0n) is 11.5. The van der Waals surface area contributed by atoms with Gasteiger partial charge >= 0.3 is 0 Å². The lowest BCUT2D eigenvalue weighted by Crippen LogP contribution is -2.05. The quantitative estimate of drug-likeness (QED) is 0.637. The molecule has 0 fully saturated rings. The average Bonchev–Trinajstić information content (AvgIpc) is 2.47. The molecule has 0 radical (unpaired) electrons. The second kappa shape index (κ2) is 7.19. The van der Waals surface area contributed by atoms with Crippen molar-refractivity contribution in [3.8, 4) is 5.75 Å². The lowest BCUT2D eigenvalue weighted by molar-refractivity contribution is -0.385. The minimum Gasteiger partial charge on any atom is -0.489 e. The van der Waals surface area contributed by atoms with Crippen LogP contribution in [0.5, 0.6) is 5.75 Å². The van der Waals surface area contributed by atoms with Crippen molar-refractivity contribution in [1.82, 2.24) is 5.32 Å². The Labute approximate surface area is 131 Å². The monoisotopic (exact) mass is 350 g/mol. The van der Waals surface area contributed by atoms with E-state index in [9.17, 15) is 10.1 Å². The van der Waals surface area contributed by atoms with Gasteiger partial charge in [0.15, 0.2) is 0 Å². The molecule has 0 saturated carbocycles. The van der Waals surface area contributed by atoms with Crippen molar-refractivity contribution in [2.24, 2.45) is 0 Å². The van der Waals surface area contributed by atoms with Crippen molar-refractivity contribution >= 4 is 21.6 Å². The number of hydrogen-bond donors (Lipinski definition) is 1. The number of nitro groups is 1. The minimum atomic E-state index is -0.403. The first-order valence-electron chi connectivity index (χ1n) is 6.39. The van der Waals surface area contributed by atoms with Crippen LogP contribution in [0, 0.1) is 10.1 Å². The van der Waals surface area contributed by atoms with Crippen LogP contribution < -0.4 is 10.1 Å². The number of nitrogens with one attached hydrogen (secondary N) is 1. The van der Waals surface area contributed by atoms with Gasteiger partial charge in [-0.2, -0.15) is 0 Å². The predicted octanol–water partition coefficient (Wildman–Crippen LogP) is 3.66. The molecule has 0 atom stereocenters. The summed E-state index contributed by atoms with van der Waals surface area (Å²) in [4.78, 5) is 10.6. The SMILES string of the molecule is CNCc1ccc(OCc2ccc(Br)cc2[N+](=O)[O-])cc1. The normalized spacial score (nSPS) is 10.4. The summed E-state index contributed by atoms with van der Waals surface area (Å²) in [5.74, 6) is 0.687. The van der Waals surface area contributed by atoms with Gasteiger partial charge in [0, 0.05) is 17.1 Å². The third-order valence-corrected chi connectivity index (χ3v) is 3.44. The van der Waals surface area contributed by atoms with Crippen LogP contribution in [0.4, 0.5) is 5.69 Å². The van der Waals surface area contributed by atoms with Gasteiger partial charge in [-0.3, -0.25) is 10.1 Å². The van der Waals surface area contributed by atoms with Crippen molar-refractivity contribution in [3.05, 3.63) is 68.2 Å². The molecule has 2 rings (SSSR count). The van der Waals surface area contributed by atoms with Crippen LogP contribution in [0.25, 0.3) is 0 Å². The zero-order valence-corrected chi connectivity index (χ0v) is 13.1. The van der Waals surface area contributed by atoms with Gasteiger partial charge in [-0.25, -0.2) is 0 Å². The summed E-state index contributed by atoms with van der Waals surface area (Å²) in [6, 6.07) is 12.6. The Kier molecular flexibility index (Phi) is 5.30. The van der Waals surface area contributed by atoms with Gasteiger partial charge in [0.25, 0.3) is 5.69 Å². The number of halogens is 1. The highest BCUT2D eigenvalue weighted by atomic mass is 79.9. The van der Waals surface area contributed by atoms with Crippen molar-refractivity contribution in [1.29, 1.82) is 0 Å². The van der Waals surface area contributed by atoms with Crippen LogP contribution in [-0.4, -0.2) is 12.0 Å². The molecule has 110 valence electrons. The van der Waals surface area contributed by atoms with Crippen LogP contribution in [0.1, 0.15) is 11.1 Å². The summed E-state index contributed by atoms with van der Waals surface area (Å²) in [5.41, 5.74) is 1.75. The molecule has 0 aliphatic rings. The van der Waals surface area contributed by atoms with Crippen molar-refractivity contribution < 1.29 is 9.66 Å². The largest absolute Gasteiger partial charge is 0.489 e. The van der Waals surface area contributed by atoms with Crippen molar-refractivity contribution in [2.45, 2.75) is 13.2 Å². The van der Waals surface area contributed by atoms with Crippen LogP contribution in [0.2, 0.25) is 0 Å². The Balaban J connectivity index is 2.07. The molecule has 0 aliphatic carbocycles. The summed E-state index contributed by atoms with van der Waals surface area (Å²) < 4.78 is 6.29. The third kappa shape index (κ3) is 4.27. The molecule has 0 aromatic heterocycles. The number of rotatable bonds is 6. The lowest BCUT2D eigenvalue weighted by Gasteiger charge is -2.08. The Hall–Kier alpha value is -1.92. The number of nitrogens with zero attached hydrogens (tertiary/aromatic N) is 1. The molecular weight excluding hydrogens is 336 g/mol. The predicted molar refractivity (Wildman–Crippen MR) is 84.3 cm³/mol. The first-order valence-corrected chi connectivity index (χ1v) is 7.18. The van der Waals surface area contributed by atoms with Crippen LogP contribution in [0.15, 0.2) is 46.9 Å². The van der Waals surface area contributed by atoms with E-state index in [1.165, 1.54) is 6.07 Å². The maximum Gasteiger partial charge on any atom is 0.277 e. The van der Waals surface area contributed by atoms with E-state index in [2.05, 4.69) is 21.2 Å². The average molecular weight is 351 g/mol. The van der Waals surface area contributed by atoms with Crippen LogP contribution >= 0.6 is 15.9 Å². The number of hydrogen-bond acceptors (Lipinski definition) is 4. The second-order valence-electron chi connectivity index (χ2n) is 4.49. The Morgan fingerprint density at radius 1 is 1.24 bits per heavy atom. The van der Waals surface area contributed by atoms with E-state index in [1.807, 2.05) is 31.3 Å². The van der Waals surface area contributed by atoms with Gasteiger partial charge < -0.3 is 10.1 Å². The fourth-order valence-corrected chi connectivity index (χ4v) is 2.25. The summed E-state index contributed by atoms with van der Waals surface area (Å²) in [5, 5.41) is 14.1. The molecular formula is C15H15BrN2O3. The molecule has 0 spiro atoms. The van der Waals surface area contributed by atoms with E-state index in [4.69, 9.17) is 4.74 Å². The molecule has 0 aliphatic heterocycles. The van der Waals surface area contributed by atoms with E-state index >= 15 is 0 Å². The zero-order chi connectivity index (χ0) is 15.2. The first kappa shape index (κ1) is 15.5. The molecule has 2 aromatic rings. The summed E-state index contributed by atoms with van der Waals surface area (Å²) in [6.07, 6.45) is 0. The topological polar surface area (TPSA) is 64.4 Å². The van der Waals surface area contributed by atoms with Gasteiger partial charge in [0.05, 0.1) is 10.5 Å². The van der Waals surface area contributed by atoms with Crippen molar-refractivity contribution in [3.63, 3.8) is 0 Å². The number of nitro benzene ring substituents is 1. The third-order valence-electron chi connectivity index (χ3n) is 2.94. The second-order valence-corrected chi connectivity index (χ2v) is 5.41. The summed E-state index contributed by atoms with van der Waals surface area (Å²) >= 11 is 3.23. The summed E-state index contributed by atoms with van der Waals surface area (Å²) in [7, 11) is 1.89. The molecule has 21 heavy (non-hydrogen) atoms. The van der Waals surface area contributed by atoms with E-state index in [1.54, 1.807) is 12.1 Å². The van der Waals surface area contributed by atoms with Crippen LogP contribution in [0.3, 0.4) is 0 Å². The van der Waals surface area contributed by atoms with E-state index in [0.29, 0.717) is 15.8 Å². The Bertz CT molecular complexity index is 629. The molecule has 0 unspecified atom stereocenters. The van der Waals surface area contributed by atoms with E-state index in [-0.39, 0.29) is 12.3 Å². The van der Waals surface area contributed by atoms with Gasteiger partial charge in [-0.1, -0.05) is 28.1 Å². The van der Waals surface area contributed by atoms with Crippen LogP contribution in [-0.2, 0) is 13.2 Å². The molecule has 0 heterocycles. The van der Waals surface area contributed by atoms with Gasteiger partial charge in [0.2, 0.25) is 0 Å². The molecule has 0 amide bonds. The molecule has 1 N–H and O–H groups in total. The number of benzene rings is 2. The highest BCUT2D eigenvalue weighted by Crippen LogP contribution is 2.25. The van der Waals surface area contributed by atoms with Gasteiger partial charge in [0.1, 0.15) is 12.4 Å². The van der Waals surface area contributed by atoms with E-state index < -0.39 is 4.92 Å². The highest BCUT2D eigenvalue weighted by molar-refractivity contribution is 9.10. The molecule has 0 bridgehead atoms. The maximum absolute atomic E-state index is 11.0. The van der Waals surface area contributed by atoms with Gasteiger partial charge in [-0.05, 0) is 36.9 Å². The standard InChI is InChI=1S/C15H15BrN2O3/c1-17-9-11-2-6-14(7-3-11)21-10-12-4-5-13(16)8-15(12)18(19)20/h2-8,17H,9-10H2,1H3. The minimum absolute atomic E-state index is 0.0520. The number of ether oxygens (including phenoxy) is 1. The molecule has 5 nitrogen and oxygen atoms in total. The van der Waals surface area contributed by atoms with Crippen molar-refractivity contribution in [2.75, 3.05) is 7.05 Å². The molecule has 0 saturated heterocycles. The fraction of sp³-hybridized carbons (Fsp3) is 0.200. The lowest BCUT2D eigenvalue weighted by atomic mass is 10.2. The summed E-state index contributed by atoms with van der Waals surface area (Å²) in [6.45, 7) is 0.952. The fourth-order valence-electron chi connectivity index (χ4n) is 1.90. The molecule has 6 heteroatoms. The first-order chi connectivity index (χ1) is 10.1. The van der Waals surface area contributed by atoms with Gasteiger partial charge in [-0.15, -0.1) is 0 Å².